The molecule has 0 unspecified atom stereocenters. The molecular formula is C18H15ClFN5O3S. The SMILES string of the molecule is CCn1c(SCC(=O)Nc2cc([N+](=O)[O-])ccc2Cl)nnc1-c1ccccc1F. The molecule has 1 aromatic heterocycles. The van der Waals surface area contributed by atoms with Crippen LogP contribution >= 0.6 is 23.4 Å². The van der Waals surface area contributed by atoms with Crippen LogP contribution in [-0.4, -0.2) is 31.3 Å². The molecule has 2 aromatic carbocycles. The largest absolute Gasteiger partial charge is 0.324 e. The van der Waals surface area contributed by atoms with Crippen molar-refractivity contribution in [2.45, 2.75) is 18.6 Å². The van der Waals surface area contributed by atoms with E-state index < -0.39 is 16.6 Å². The number of nitro benzene ring substituents is 1. The topological polar surface area (TPSA) is 103 Å². The molecule has 0 fully saturated rings. The number of hydrogen-bond acceptors (Lipinski definition) is 6. The Morgan fingerprint density at radius 3 is 2.76 bits per heavy atom. The number of thioether (sulfide) groups is 1. The van der Waals surface area contributed by atoms with Crippen molar-refractivity contribution in [3.63, 3.8) is 0 Å². The van der Waals surface area contributed by atoms with Crippen molar-refractivity contribution in [1.29, 1.82) is 0 Å². The number of non-ortho nitro benzene ring substituents is 1. The van der Waals surface area contributed by atoms with Gasteiger partial charge in [0, 0.05) is 18.7 Å². The van der Waals surface area contributed by atoms with Crippen LogP contribution < -0.4 is 5.32 Å². The summed E-state index contributed by atoms with van der Waals surface area (Å²) in [5, 5.41) is 22.2. The Labute approximate surface area is 174 Å². The first kappa shape index (κ1) is 20.7. The summed E-state index contributed by atoms with van der Waals surface area (Å²) in [5.41, 5.74) is 0.287. The summed E-state index contributed by atoms with van der Waals surface area (Å²) in [7, 11) is 0. The van der Waals surface area contributed by atoms with Gasteiger partial charge in [0.25, 0.3) is 5.69 Å². The fraction of sp³-hybridized carbons (Fsp3) is 0.167. The van der Waals surface area contributed by atoms with Crippen LogP contribution in [0.1, 0.15) is 6.92 Å². The van der Waals surface area contributed by atoms with E-state index in [1.54, 1.807) is 22.8 Å². The van der Waals surface area contributed by atoms with Gasteiger partial charge < -0.3 is 9.88 Å². The first-order valence-electron chi connectivity index (χ1n) is 8.45. The fourth-order valence-corrected chi connectivity index (χ4v) is 3.53. The molecule has 11 heteroatoms. The number of carbonyl (C=O) groups excluding carboxylic acids is 1. The van der Waals surface area contributed by atoms with Crippen molar-refractivity contribution in [2.75, 3.05) is 11.1 Å². The molecule has 0 aliphatic heterocycles. The van der Waals surface area contributed by atoms with Crippen LogP contribution in [0, 0.1) is 15.9 Å². The quantitative estimate of drug-likeness (QED) is 0.335. The third kappa shape index (κ3) is 4.72. The van der Waals surface area contributed by atoms with Gasteiger partial charge in [0.15, 0.2) is 11.0 Å². The molecule has 3 rings (SSSR count). The second-order valence-corrected chi connectivity index (χ2v) is 7.14. The molecule has 0 aliphatic carbocycles. The zero-order chi connectivity index (χ0) is 21.0. The Hall–Kier alpha value is -2.98. The number of nitrogens with zero attached hydrogens (tertiary/aromatic N) is 4. The number of aromatic nitrogens is 3. The highest BCUT2D eigenvalue weighted by Gasteiger charge is 2.18. The molecule has 150 valence electrons. The second-order valence-electron chi connectivity index (χ2n) is 5.79. The molecule has 1 N–H and O–H groups in total. The first-order valence-corrected chi connectivity index (χ1v) is 9.81. The Bertz CT molecular complexity index is 1080. The third-order valence-corrected chi connectivity index (χ3v) is 5.21. The van der Waals surface area contributed by atoms with Crippen LogP contribution in [0.4, 0.5) is 15.8 Å². The maximum Gasteiger partial charge on any atom is 0.271 e. The van der Waals surface area contributed by atoms with Gasteiger partial charge in [0.05, 0.1) is 26.9 Å². The Morgan fingerprint density at radius 2 is 2.07 bits per heavy atom. The van der Waals surface area contributed by atoms with Crippen molar-refractivity contribution in [2.24, 2.45) is 0 Å². The van der Waals surface area contributed by atoms with Gasteiger partial charge in [-0.15, -0.1) is 10.2 Å². The number of benzene rings is 2. The Balaban J connectivity index is 1.72. The van der Waals surface area contributed by atoms with E-state index in [1.165, 1.54) is 24.3 Å². The fourth-order valence-electron chi connectivity index (χ4n) is 2.56. The summed E-state index contributed by atoms with van der Waals surface area (Å²) in [5.74, 6) is -0.496. The monoisotopic (exact) mass is 435 g/mol. The minimum atomic E-state index is -0.575. The van der Waals surface area contributed by atoms with E-state index in [2.05, 4.69) is 15.5 Å². The lowest BCUT2D eigenvalue weighted by Crippen LogP contribution is -2.15. The van der Waals surface area contributed by atoms with Crippen LogP contribution in [-0.2, 0) is 11.3 Å². The smallest absolute Gasteiger partial charge is 0.271 e. The average molecular weight is 436 g/mol. The van der Waals surface area contributed by atoms with E-state index in [-0.39, 0.29) is 22.2 Å². The van der Waals surface area contributed by atoms with Crippen LogP contribution in [0.3, 0.4) is 0 Å². The molecule has 1 amide bonds. The predicted octanol–water partition coefficient (Wildman–Crippen LogP) is 4.40. The van der Waals surface area contributed by atoms with Crippen molar-refractivity contribution < 1.29 is 14.1 Å². The molecule has 8 nitrogen and oxygen atoms in total. The van der Waals surface area contributed by atoms with Gasteiger partial charge in [-0.1, -0.05) is 35.5 Å². The lowest BCUT2D eigenvalue weighted by Gasteiger charge is -2.09. The summed E-state index contributed by atoms with van der Waals surface area (Å²) in [4.78, 5) is 22.6. The van der Waals surface area contributed by atoms with Crippen LogP contribution in [0.2, 0.25) is 5.02 Å². The van der Waals surface area contributed by atoms with E-state index in [0.29, 0.717) is 23.1 Å². The first-order chi connectivity index (χ1) is 13.9. The Kier molecular flexibility index (Phi) is 6.45. The number of nitrogens with one attached hydrogen (secondary N) is 1. The molecule has 29 heavy (non-hydrogen) atoms. The number of hydrogen-bond donors (Lipinski definition) is 1. The maximum absolute atomic E-state index is 14.1. The van der Waals surface area contributed by atoms with E-state index in [1.807, 2.05) is 6.92 Å². The maximum atomic E-state index is 14.1. The second kappa shape index (κ2) is 9.01. The molecule has 0 saturated heterocycles. The van der Waals surface area contributed by atoms with E-state index in [4.69, 9.17) is 11.6 Å². The summed E-state index contributed by atoms with van der Waals surface area (Å²) in [6, 6.07) is 10.0. The normalized spacial score (nSPS) is 10.7. The zero-order valence-corrected chi connectivity index (χ0v) is 16.7. The molecule has 3 aromatic rings. The minimum absolute atomic E-state index is 0.0333. The summed E-state index contributed by atoms with van der Waals surface area (Å²) in [6.07, 6.45) is 0. The van der Waals surface area contributed by atoms with Crippen molar-refractivity contribution >= 4 is 40.6 Å². The molecule has 0 saturated carbocycles. The molecule has 0 spiro atoms. The van der Waals surface area contributed by atoms with Gasteiger partial charge >= 0.3 is 0 Å². The third-order valence-electron chi connectivity index (χ3n) is 3.92. The Morgan fingerprint density at radius 1 is 1.31 bits per heavy atom. The highest BCUT2D eigenvalue weighted by Crippen LogP contribution is 2.28. The molecule has 0 aliphatic rings. The molecule has 0 radical (unpaired) electrons. The van der Waals surface area contributed by atoms with Gasteiger partial charge in [-0.05, 0) is 25.1 Å². The standard InChI is InChI=1S/C18H15ClFN5O3S/c1-2-24-17(12-5-3-4-6-14(12)20)22-23-18(24)29-10-16(26)21-15-9-11(25(27)28)7-8-13(15)19/h3-9H,2,10H2,1H3,(H,21,26). The summed E-state index contributed by atoms with van der Waals surface area (Å²) < 4.78 is 15.8. The van der Waals surface area contributed by atoms with E-state index in [9.17, 15) is 19.3 Å². The van der Waals surface area contributed by atoms with Crippen LogP contribution in [0.15, 0.2) is 47.6 Å². The van der Waals surface area contributed by atoms with Gasteiger partial charge in [0.2, 0.25) is 5.91 Å². The van der Waals surface area contributed by atoms with E-state index in [0.717, 1.165) is 11.8 Å². The van der Waals surface area contributed by atoms with Gasteiger partial charge in [-0.2, -0.15) is 0 Å². The van der Waals surface area contributed by atoms with E-state index >= 15 is 0 Å². The number of nitro groups is 1. The molecule has 1 heterocycles. The molecular weight excluding hydrogens is 421 g/mol. The molecule has 0 atom stereocenters. The number of anilines is 1. The van der Waals surface area contributed by atoms with Crippen molar-refractivity contribution in [1.82, 2.24) is 14.8 Å². The molecule has 0 bridgehead atoms. The number of amides is 1. The van der Waals surface area contributed by atoms with Crippen LogP contribution in [0.5, 0.6) is 0 Å². The lowest BCUT2D eigenvalue weighted by atomic mass is 10.2. The zero-order valence-electron chi connectivity index (χ0n) is 15.1. The van der Waals surface area contributed by atoms with Crippen LogP contribution in [0.25, 0.3) is 11.4 Å². The minimum Gasteiger partial charge on any atom is -0.324 e. The van der Waals surface area contributed by atoms with Crippen molar-refractivity contribution in [3.8, 4) is 11.4 Å². The highest BCUT2D eigenvalue weighted by atomic mass is 35.5. The lowest BCUT2D eigenvalue weighted by molar-refractivity contribution is -0.384. The number of halogens is 2. The number of carbonyl (C=O) groups is 1. The van der Waals surface area contributed by atoms with Crippen molar-refractivity contribution in [3.05, 3.63) is 63.4 Å². The van der Waals surface area contributed by atoms with Gasteiger partial charge in [-0.25, -0.2) is 4.39 Å². The predicted molar refractivity (Wildman–Crippen MR) is 109 cm³/mol. The summed E-state index contributed by atoms with van der Waals surface area (Å²) in [6.45, 7) is 2.35. The number of rotatable bonds is 7. The van der Waals surface area contributed by atoms with Gasteiger partial charge in [0.1, 0.15) is 5.82 Å². The average Bonchev–Trinajstić information content (AvgIpc) is 3.11. The van der Waals surface area contributed by atoms with Gasteiger partial charge in [-0.3, -0.25) is 14.9 Å². The highest BCUT2D eigenvalue weighted by molar-refractivity contribution is 7.99. The summed E-state index contributed by atoms with van der Waals surface area (Å²) >= 11 is 7.10.